The van der Waals surface area contributed by atoms with Gasteiger partial charge in [-0.2, -0.15) is 0 Å². The number of hydrogen-bond acceptors (Lipinski definition) is 3. The first-order valence-electron chi connectivity index (χ1n) is 9.31. The van der Waals surface area contributed by atoms with Crippen molar-refractivity contribution < 1.29 is 14.3 Å². The summed E-state index contributed by atoms with van der Waals surface area (Å²) < 4.78 is 6.37. The molecule has 0 N–H and O–H groups in total. The third kappa shape index (κ3) is 7.01. The van der Waals surface area contributed by atoms with Crippen LogP contribution >= 0.6 is 15.9 Å². The molecule has 5 nitrogen and oxygen atoms in total. The Bertz CT molecular complexity index is 697. The lowest BCUT2D eigenvalue weighted by atomic mass is 9.97. The van der Waals surface area contributed by atoms with Crippen LogP contribution in [0.4, 0.5) is 4.79 Å². The highest BCUT2D eigenvalue weighted by molar-refractivity contribution is 9.10. The second-order valence-corrected chi connectivity index (χ2v) is 8.86. The van der Waals surface area contributed by atoms with E-state index < -0.39 is 5.60 Å². The van der Waals surface area contributed by atoms with Gasteiger partial charge in [0.25, 0.3) is 0 Å². The lowest BCUT2D eigenvalue weighted by Crippen LogP contribution is -2.44. The minimum Gasteiger partial charge on any atom is -0.444 e. The Morgan fingerprint density at radius 3 is 2.70 bits per heavy atom. The fraction of sp³-hybridized carbons (Fsp3) is 0.524. The maximum Gasteiger partial charge on any atom is 0.410 e. The van der Waals surface area contributed by atoms with Crippen LogP contribution in [0.25, 0.3) is 6.08 Å². The van der Waals surface area contributed by atoms with Crippen LogP contribution in [0.2, 0.25) is 0 Å². The van der Waals surface area contributed by atoms with Crippen LogP contribution in [0.3, 0.4) is 0 Å². The minimum atomic E-state index is -0.504. The van der Waals surface area contributed by atoms with Crippen LogP contribution in [0.15, 0.2) is 34.8 Å². The highest BCUT2D eigenvalue weighted by atomic mass is 79.9. The van der Waals surface area contributed by atoms with Gasteiger partial charge < -0.3 is 14.5 Å². The number of likely N-dealkylation sites (tertiary alicyclic amines) is 1. The molecule has 1 aliphatic heterocycles. The van der Waals surface area contributed by atoms with E-state index in [-0.39, 0.29) is 17.9 Å². The number of carbonyl (C=O) groups is 2. The molecule has 1 aromatic carbocycles. The molecule has 0 aliphatic carbocycles. The smallest absolute Gasteiger partial charge is 0.410 e. The molecule has 148 valence electrons. The van der Waals surface area contributed by atoms with Gasteiger partial charge in [-0.05, 0) is 57.2 Å². The lowest BCUT2D eigenvalue weighted by molar-refractivity contribution is -0.127. The molecule has 1 aromatic rings. The highest BCUT2D eigenvalue weighted by Crippen LogP contribution is 2.20. The summed E-state index contributed by atoms with van der Waals surface area (Å²) in [6.07, 6.45) is 5.09. The maximum atomic E-state index is 12.6. The van der Waals surface area contributed by atoms with Gasteiger partial charge in [0.1, 0.15) is 5.60 Å². The molecule has 1 fully saturated rings. The van der Waals surface area contributed by atoms with Crippen molar-refractivity contribution in [2.45, 2.75) is 39.2 Å². The summed E-state index contributed by atoms with van der Waals surface area (Å²) >= 11 is 3.49. The van der Waals surface area contributed by atoms with Gasteiger partial charge in [0, 0.05) is 37.2 Å². The SMILES string of the molecule is CN(CC1CCCN(C(=O)/C=C/c2ccccc2Br)C1)C(=O)OC(C)(C)C. The predicted octanol–water partition coefficient (Wildman–Crippen LogP) is 4.57. The number of amides is 2. The largest absolute Gasteiger partial charge is 0.444 e. The molecule has 0 spiro atoms. The van der Waals surface area contributed by atoms with Crippen LogP contribution < -0.4 is 0 Å². The van der Waals surface area contributed by atoms with Gasteiger partial charge in [0.05, 0.1) is 0 Å². The van der Waals surface area contributed by atoms with Crippen molar-refractivity contribution in [1.82, 2.24) is 9.80 Å². The van der Waals surface area contributed by atoms with Gasteiger partial charge in [-0.25, -0.2) is 4.79 Å². The van der Waals surface area contributed by atoms with Crippen molar-refractivity contribution in [2.75, 3.05) is 26.7 Å². The summed E-state index contributed by atoms with van der Waals surface area (Å²) in [5.41, 5.74) is 0.472. The Balaban J connectivity index is 1.90. The van der Waals surface area contributed by atoms with Crippen molar-refractivity contribution in [3.63, 3.8) is 0 Å². The van der Waals surface area contributed by atoms with Crippen molar-refractivity contribution in [2.24, 2.45) is 5.92 Å². The van der Waals surface area contributed by atoms with Crippen LogP contribution in [-0.4, -0.2) is 54.1 Å². The van der Waals surface area contributed by atoms with Gasteiger partial charge in [0.15, 0.2) is 0 Å². The summed E-state index contributed by atoms with van der Waals surface area (Å²) in [6, 6.07) is 7.80. The summed E-state index contributed by atoms with van der Waals surface area (Å²) in [5, 5.41) is 0. The van der Waals surface area contributed by atoms with Gasteiger partial charge in [-0.15, -0.1) is 0 Å². The molecule has 0 aromatic heterocycles. The number of hydrogen-bond donors (Lipinski definition) is 0. The monoisotopic (exact) mass is 436 g/mol. The number of carbonyl (C=O) groups excluding carboxylic acids is 2. The number of benzene rings is 1. The molecule has 6 heteroatoms. The van der Waals surface area contributed by atoms with Crippen molar-refractivity contribution in [3.8, 4) is 0 Å². The Labute approximate surface area is 170 Å². The molecular formula is C21H29BrN2O3. The quantitative estimate of drug-likeness (QED) is 0.649. The number of piperidine rings is 1. The predicted molar refractivity (Wildman–Crippen MR) is 111 cm³/mol. The van der Waals surface area contributed by atoms with E-state index >= 15 is 0 Å². The molecule has 1 atom stereocenters. The van der Waals surface area contributed by atoms with E-state index in [2.05, 4.69) is 15.9 Å². The van der Waals surface area contributed by atoms with Gasteiger partial charge in [0.2, 0.25) is 5.91 Å². The zero-order valence-electron chi connectivity index (χ0n) is 16.6. The summed E-state index contributed by atoms with van der Waals surface area (Å²) in [7, 11) is 1.75. The van der Waals surface area contributed by atoms with Gasteiger partial charge in [-0.3, -0.25) is 4.79 Å². The zero-order chi connectivity index (χ0) is 20.0. The lowest BCUT2D eigenvalue weighted by Gasteiger charge is -2.34. The first kappa shape index (κ1) is 21.5. The first-order valence-corrected chi connectivity index (χ1v) is 10.1. The van der Waals surface area contributed by atoms with E-state index in [1.165, 1.54) is 0 Å². The third-order valence-corrected chi connectivity index (χ3v) is 5.10. The maximum absolute atomic E-state index is 12.6. The molecule has 2 amide bonds. The Hall–Kier alpha value is -1.82. The fourth-order valence-corrected chi connectivity index (χ4v) is 3.51. The number of rotatable bonds is 4. The van der Waals surface area contributed by atoms with E-state index in [4.69, 9.17) is 4.74 Å². The van der Waals surface area contributed by atoms with Gasteiger partial charge in [-0.1, -0.05) is 34.1 Å². The first-order chi connectivity index (χ1) is 12.7. The summed E-state index contributed by atoms with van der Waals surface area (Å²) in [4.78, 5) is 28.2. The Kier molecular flexibility index (Phi) is 7.48. The number of halogens is 1. The van der Waals surface area contributed by atoms with E-state index in [0.717, 1.165) is 29.4 Å². The van der Waals surface area contributed by atoms with Crippen LogP contribution in [0, 0.1) is 5.92 Å². The second kappa shape index (κ2) is 9.40. The van der Waals surface area contributed by atoms with Crippen molar-refractivity contribution in [1.29, 1.82) is 0 Å². The van der Waals surface area contributed by atoms with Crippen LogP contribution in [0.1, 0.15) is 39.2 Å². The minimum absolute atomic E-state index is 0.00961. The van der Waals surface area contributed by atoms with Crippen molar-refractivity contribution in [3.05, 3.63) is 40.4 Å². The number of ether oxygens (including phenoxy) is 1. The normalized spacial score (nSPS) is 17.8. The summed E-state index contributed by atoms with van der Waals surface area (Å²) in [6.45, 7) is 7.58. The second-order valence-electron chi connectivity index (χ2n) is 8.01. The molecular weight excluding hydrogens is 408 g/mol. The average molecular weight is 437 g/mol. The molecule has 0 saturated carbocycles. The van der Waals surface area contributed by atoms with E-state index in [1.54, 1.807) is 18.0 Å². The molecule has 0 bridgehead atoms. The highest BCUT2D eigenvalue weighted by Gasteiger charge is 2.26. The van der Waals surface area contributed by atoms with Crippen LogP contribution in [-0.2, 0) is 9.53 Å². The molecule has 1 unspecified atom stereocenters. The molecule has 1 saturated heterocycles. The Morgan fingerprint density at radius 2 is 2.04 bits per heavy atom. The van der Waals surface area contributed by atoms with Crippen molar-refractivity contribution >= 4 is 34.0 Å². The fourth-order valence-electron chi connectivity index (χ4n) is 3.09. The molecule has 27 heavy (non-hydrogen) atoms. The molecule has 1 heterocycles. The Morgan fingerprint density at radius 1 is 1.33 bits per heavy atom. The topological polar surface area (TPSA) is 49.9 Å². The number of nitrogens with zero attached hydrogens (tertiary/aromatic N) is 2. The molecule has 1 aliphatic rings. The standard InChI is InChI=1S/C21H29BrN2O3/c1-21(2,3)27-20(26)23(4)14-16-8-7-13-24(15-16)19(25)12-11-17-9-5-6-10-18(17)22/h5-6,9-12,16H,7-8,13-15H2,1-4H3/b12-11+. The van der Waals surface area contributed by atoms with E-state index in [1.807, 2.05) is 56.0 Å². The van der Waals surface area contributed by atoms with Crippen LogP contribution in [0.5, 0.6) is 0 Å². The zero-order valence-corrected chi connectivity index (χ0v) is 18.2. The van der Waals surface area contributed by atoms with Gasteiger partial charge >= 0.3 is 6.09 Å². The van der Waals surface area contributed by atoms with E-state index in [0.29, 0.717) is 13.1 Å². The molecule has 0 radical (unpaired) electrons. The molecule has 2 rings (SSSR count). The van der Waals surface area contributed by atoms with E-state index in [9.17, 15) is 9.59 Å². The third-order valence-electron chi connectivity index (χ3n) is 4.38. The average Bonchev–Trinajstić information content (AvgIpc) is 2.59. The summed E-state index contributed by atoms with van der Waals surface area (Å²) in [5.74, 6) is 0.271.